The highest BCUT2D eigenvalue weighted by atomic mass is 79.9. The van der Waals surface area contributed by atoms with Crippen LogP contribution in [0, 0.1) is 0 Å². The van der Waals surface area contributed by atoms with Gasteiger partial charge in [-0.05, 0) is 142 Å². The van der Waals surface area contributed by atoms with Gasteiger partial charge in [0.1, 0.15) is 98.9 Å². The van der Waals surface area contributed by atoms with Crippen molar-refractivity contribution in [1.29, 1.82) is 0 Å². The second kappa shape index (κ2) is 45.2. The predicted octanol–water partition coefficient (Wildman–Crippen LogP) is 17.4. The molecule has 6 atom stereocenters. The van der Waals surface area contributed by atoms with Gasteiger partial charge in [0.25, 0.3) is 0 Å². The van der Waals surface area contributed by atoms with Crippen molar-refractivity contribution < 1.29 is 62.7 Å². The van der Waals surface area contributed by atoms with E-state index in [1.54, 1.807) is 0 Å². The van der Waals surface area contributed by atoms with E-state index >= 15 is 0 Å². The van der Waals surface area contributed by atoms with Gasteiger partial charge in [-0.25, -0.2) is 27.4 Å². The third-order valence-electron chi connectivity index (χ3n) is 18.7. The summed E-state index contributed by atoms with van der Waals surface area (Å²) in [5, 5.41) is 41.1. The van der Waals surface area contributed by atoms with Crippen LogP contribution in [0.15, 0.2) is 306 Å². The summed E-state index contributed by atoms with van der Waals surface area (Å²) in [7, 11) is 0. The number of nitrogens with zero attached hydrogens (tertiary/aromatic N) is 6. The molecule has 16 nitrogen and oxygen atoms in total. The van der Waals surface area contributed by atoms with Crippen molar-refractivity contribution in [2.45, 2.75) is 154 Å². The molecule has 1 N–H and O–H groups in total. The van der Waals surface area contributed by atoms with Crippen LogP contribution in [-0.2, 0) is 68.0 Å². The molecule has 0 amide bonds. The number of carboxylic acid groups (broad SMARTS) is 3. The lowest BCUT2D eigenvalue weighted by Crippen LogP contribution is -2.54. The topological polar surface area (TPSA) is 195 Å². The number of halogens is 6. The number of aromatic nitrogens is 6. The van der Waals surface area contributed by atoms with Gasteiger partial charge in [0.2, 0.25) is 19.0 Å². The van der Waals surface area contributed by atoms with Gasteiger partial charge in [-0.15, -0.1) is 0 Å². The number of imidazole rings is 3. The number of carboxylic acids is 3. The van der Waals surface area contributed by atoms with Gasteiger partial charge in [-0.3, -0.25) is 0 Å². The third-order valence-corrected chi connectivity index (χ3v) is 21.0. The highest BCUT2D eigenvalue weighted by Gasteiger charge is 2.30. The van der Waals surface area contributed by atoms with Gasteiger partial charge in [0.15, 0.2) is 0 Å². The van der Waals surface area contributed by atoms with Gasteiger partial charge in [0.05, 0.1) is 25.8 Å². The van der Waals surface area contributed by atoms with Crippen LogP contribution in [0.4, 0.5) is 0 Å². The molecular weight excluding hydrogens is 1670 g/mol. The highest BCUT2D eigenvalue weighted by molar-refractivity contribution is 9.11. The van der Waals surface area contributed by atoms with Crippen molar-refractivity contribution in [2.75, 3.05) is 0 Å². The largest absolute Gasteiger partial charge is 0.550 e. The van der Waals surface area contributed by atoms with Gasteiger partial charge in [0, 0.05) is 53.3 Å². The molecule has 0 spiro atoms. The Kier molecular flexibility index (Phi) is 35.1. The minimum atomic E-state index is -2.97. The Balaban J connectivity index is 0.000000179. The molecule has 0 radical (unpaired) electrons. The average molecular weight is 1760 g/mol. The second-order valence-corrected chi connectivity index (χ2v) is 31.2. The van der Waals surface area contributed by atoms with Crippen molar-refractivity contribution in [3.8, 4) is 0 Å². The number of aliphatic carboxylic acids is 3. The molecular formula is C90H92Br3Cl3N6O10. The van der Waals surface area contributed by atoms with E-state index in [1.807, 2.05) is 91.0 Å². The first-order chi connectivity index (χ1) is 54.1. The maximum Gasteiger partial charge on any atom is 0.244 e. The molecule has 12 aromatic rings. The molecule has 12 rings (SSSR count). The Hall–Kier alpha value is -8.83. The van der Waals surface area contributed by atoms with Crippen LogP contribution in [0.1, 0.15) is 159 Å². The number of ether oxygens (including phenoxy) is 3. The van der Waals surface area contributed by atoms with Crippen molar-refractivity contribution >= 4 is 101 Å². The monoisotopic (exact) mass is 1760 g/mol. The molecule has 0 fully saturated rings. The smallest absolute Gasteiger partial charge is 0.244 e. The molecule has 0 aliphatic heterocycles. The number of hydrogen-bond donors (Lipinski definition) is 1. The molecule has 584 valence electrons. The summed E-state index contributed by atoms with van der Waals surface area (Å²) >= 11 is 28.7. The molecule has 3 heterocycles. The summed E-state index contributed by atoms with van der Waals surface area (Å²) in [6.07, 6.45) is 23.3. The van der Waals surface area contributed by atoms with Crippen LogP contribution in [0.2, 0.25) is 15.1 Å². The fourth-order valence-corrected chi connectivity index (χ4v) is 14.0. The van der Waals surface area contributed by atoms with E-state index in [1.165, 1.54) is 33.4 Å². The normalized spacial score (nSPS) is 12.8. The number of carbonyl (C=O) groups excluding carboxylic acids is 3. The van der Waals surface area contributed by atoms with E-state index in [0.29, 0.717) is 37.9 Å². The Morgan fingerprint density at radius 2 is 0.634 bits per heavy atom. The molecule has 0 saturated carbocycles. The fraction of sp³-hybridized carbons (Fsp3) is 0.267. The summed E-state index contributed by atoms with van der Waals surface area (Å²) in [5.41, 5.74) is 7.84. The van der Waals surface area contributed by atoms with Crippen LogP contribution in [-0.4, -0.2) is 42.3 Å². The lowest BCUT2D eigenvalue weighted by Gasteiger charge is -2.29. The SMILES string of the molecule is CCCC(c1ccc(Br)cc1)[n+]1ccn(CC(OCc2ccc(Cl)cc2)c2ccccc2)c1.CCCC(c1ccc(Br)cc1)[n+]1ccn(CC(OCc2ccc(Cl)cc2)c2ccccc2)c1.CCCC(c1ccc(Br)cc1)[n+]1ccn(CC(OCc2ccc(Cl)cc2)c2ccccc2)c1.O=C([O-])CC(O)(CC(=O)[O-])C(=O)[O-]. The molecule has 6 unspecified atom stereocenters. The van der Waals surface area contributed by atoms with Crippen LogP contribution in [0.3, 0.4) is 0 Å². The lowest BCUT2D eigenvalue weighted by molar-refractivity contribution is -0.714. The zero-order chi connectivity index (χ0) is 79.8. The van der Waals surface area contributed by atoms with E-state index in [0.717, 1.165) is 103 Å². The first kappa shape index (κ1) is 87.1. The summed E-state index contributed by atoms with van der Waals surface area (Å²) in [4.78, 5) is 30.0. The van der Waals surface area contributed by atoms with E-state index in [2.05, 4.69) is 298 Å². The minimum Gasteiger partial charge on any atom is -0.550 e. The number of hydrogen-bond acceptors (Lipinski definition) is 10. The zero-order valence-electron chi connectivity index (χ0n) is 62.6. The Morgan fingerprint density at radius 1 is 0.384 bits per heavy atom. The summed E-state index contributed by atoms with van der Waals surface area (Å²) in [6.45, 7) is 10.5. The van der Waals surface area contributed by atoms with Crippen LogP contribution >= 0.6 is 82.6 Å². The highest BCUT2D eigenvalue weighted by Crippen LogP contribution is 2.29. The number of aliphatic hydroxyl groups is 1. The minimum absolute atomic E-state index is 0.0555. The maximum absolute atomic E-state index is 10.1. The predicted molar refractivity (Wildman–Crippen MR) is 441 cm³/mol. The summed E-state index contributed by atoms with van der Waals surface area (Å²) in [6, 6.07) is 81.7. The number of rotatable bonds is 35. The van der Waals surface area contributed by atoms with Crippen molar-refractivity contribution in [1.82, 2.24) is 13.7 Å². The van der Waals surface area contributed by atoms with Gasteiger partial charge in [-0.1, -0.05) is 286 Å². The lowest BCUT2D eigenvalue weighted by atomic mass is 9.96. The summed E-state index contributed by atoms with van der Waals surface area (Å²) < 4.78 is 36.1. The van der Waals surface area contributed by atoms with Gasteiger partial charge < -0.3 is 49.0 Å². The second-order valence-electron chi connectivity index (χ2n) is 27.2. The van der Waals surface area contributed by atoms with E-state index in [9.17, 15) is 29.7 Å². The standard InChI is InChI=1S/3C28H29BrClN2O.C6H8O7/c3*1-2-6-27(23-11-13-25(29)14-12-23)32-18-17-31(21-32)19-28(24-7-4-3-5-8-24)33-20-22-9-15-26(30)16-10-22;7-3(8)1-6(13,5(11)12)2-4(9)10/h3*3-5,7-18,21,27-28H,2,6,19-20H2,1H3;13H,1-2H2,(H,7,8)(H,9,10)(H,11,12)/q3*+1;/p-3. The van der Waals surface area contributed by atoms with Crippen LogP contribution < -0.4 is 29.0 Å². The third kappa shape index (κ3) is 28.1. The van der Waals surface area contributed by atoms with Gasteiger partial charge in [-0.2, -0.15) is 0 Å². The first-order valence-electron chi connectivity index (χ1n) is 37.2. The molecule has 22 heteroatoms. The van der Waals surface area contributed by atoms with Crippen LogP contribution in [0.25, 0.3) is 0 Å². The molecule has 112 heavy (non-hydrogen) atoms. The molecule has 3 aromatic heterocycles. The van der Waals surface area contributed by atoms with Crippen molar-refractivity contribution in [3.63, 3.8) is 0 Å². The fourth-order valence-electron chi connectivity index (χ4n) is 12.8. The molecule has 0 aliphatic carbocycles. The molecule has 0 saturated heterocycles. The average Bonchev–Trinajstić information content (AvgIpc) is 1.70. The maximum atomic E-state index is 10.1. The molecule has 0 bridgehead atoms. The van der Waals surface area contributed by atoms with E-state index in [4.69, 9.17) is 54.1 Å². The first-order valence-corrected chi connectivity index (χ1v) is 40.7. The number of carbonyl (C=O) groups is 3. The quantitative estimate of drug-likeness (QED) is 0.0373. The van der Waals surface area contributed by atoms with Crippen molar-refractivity contribution in [2.24, 2.45) is 0 Å². The Labute approximate surface area is 696 Å². The van der Waals surface area contributed by atoms with Crippen molar-refractivity contribution in [3.05, 3.63) is 371 Å². The Morgan fingerprint density at radius 3 is 0.857 bits per heavy atom. The van der Waals surface area contributed by atoms with Crippen LogP contribution in [0.5, 0.6) is 0 Å². The Bertz CT molecular complexity index is 4320. The number of benzene rings is 9. The summed E-state index contributed by atoms with van der Waals surface area (Å²) in [5.74, 6) is -5.98. The van der Waals surface area contributed by atoms with E-state index in [-0.39, 0.29) is 18.3 Å². The van der Waals surface area contributed by atoms with E-state index < -0.39 is 36.4 Å². The van der Waals surface area contributed by atoms with Gasteiger partial charge >= 0.3 is 0 Å². The zero-order valence-corrected chi connectivity index (χ0v) is 69.7. The molecule has 9 aromatic carbocycles. The molecule has 0 aliphatic rings.